The molecule has 3 unspecified atom stereocenters. The number of ether oxygens (including phenoxy) is 1. The Morgan fingerprint density at radius 1 is 1.06 bits per heavy atom. The lowest BCUT2D eigenvalue weighted by molar-refractivity contribution is 0.0609. The van der Waals surface area contributed by atoms with E-state index in [0.29, 0.717) is 17.7 Å². The first kappa shape index (κ1) is 20.0. The first-order valence-electron chi connectivity index (χ1n) is 10.9. The van der Waals surface area contributed by atoms with Gasteiger partial charge in [-0.15, -0.1) is 0 Å². The van der Waals surface area contributed by atoms with Gasteiger partial charge in [0.1, 0.15) is 11.6 Å². The maximum Gasteiger partial charge on any atom is 0.346 e. The first-order valence-corrected chi connectivity index (χ1v) is 10.9. The number of hydrogen-bond acceptors (Lipinski definition) is 3. The summed E-state index contributed by atoms with van der Waals surface area (Å²) in [6.45, 7) is 3.36. The van der Waals surface area contributed by atoms with Crippen molar-refractivity contribution >= 4 is 5.97 Å². The molecule has 0 radical (unpaired) electrons. The summed E-state index contributed by atoms with van der Waals surface area (Å²) >= 11 is 0. The number of esters is 1. The van der Waals surface area contributed by atoms with Gasteiger partial charge in [-0.1, -0.05) is 55.5 Å². The molecule has 0 aromatic heterocycles. The third-order valence-corrected chi connectivity index (χ3v) is 7.36. The van der Waals surface area contributed by atoms with Crippen LogP contribution in [0.2, 0.25) is 0 Å². The van der Waals surface area contributed by atoms with Gasteiger partial charge in [-0.25, -0.2) is 9.18 Å². The minimum Gasteiger partial charge on any atom is -0.423 e. The number of likely N-dealkylation sites (tertiary alicyclic amines) is 1. The Labute approximate surface area is 182 Å². The Bertz CT molecular complexity index is 1130. The van der Waals surface area contributed by atoms with Crippen LogP contribution in [0.15, 0.2) is 72.8 Å². The Balaban J connectivity index is 1.59. The SMILES string of the molecule is CC1C2Cc3ccc(OC(=O)c4ccccc4F)cc3C1(c1ccccc1)CCN2C. The highest BCUT2D eigenvalue weighted by molar-refractivity contribution is 5.91. The third kappa shape index (κ3) is 3.17. The van der Waals surface area contributed by atoms with Crippen LogP contribution in [0.25, 0.3) is 0 Å². The molecule has 31 heavy (non-hydrogen) atoms. The smallest absolute Gasteiger partial charge is 0.346 e. The summed E-state index contributed by atoms with van der Waals surface area (Å²) < 4.78 is 19.7. The molecule has 4 heteroatoms. The largest absolute Gasteiger partial charge is 0.423 e. The van der Waals surface area contributed by atoms with Crippen molar-refractivity contribution in [2.24, 2.45) is 5.92 Å². The van der Waals surface area contributed by atoms with Crippen LogP contribution in [0.1, 0.15) is 40.4 Å². The van der Waals surface area contributed by atoms with Crippen LogP contribution in [0.3, 0.4) is 0 Å². The molecule has 1 aliphatic carbocycles. The fourth-order valence-electron chi connectivity index (χ4n) is 5.69. The normalized spacial score (nSPS) is 25.0. The maximum atomic E-state index is 14.0. The standard InChI is InChI=1S/C27H26FNO2/c1-18-25-16-19-12-13-21(31-26(30)22-10-6-7-11-24(22)28)17-23(19)27(18,14-15-29(25)2)20-8-4-3-5-9-20/h3-13,17-18,25H,14-16H2,1-2H3. The molecule has 1 heterocycles. The summed E-state index contributed by atoms with van der Waals surface area (Å²) in [7, 11) is 2.21. The average Bonchev–Trinajstić information content (AvgIpc) is 2.78. The highest BCUT2D eigenvalue weighted by atomic mass is 19.1. The fourth-order valence-corrected chi connectivity index (χ4v) is 5.69. The highest BCUT2D eigenvalue weighted by Crippen LogP contribution is 2.53. The predicted octanol–water partition coefficient (Wildman–Crippen LogP) is 5.23. The van der Waals surface area contributed by atoms with E-state index in [1.54, 1.807) is 12.1 Å². The molecule has 0 N–H and O–H groups in total. The summed E-state index contributed by atoms with van der Waals surface area (Å²) in [4.78, 5) is 15.1. The monoisotopic (exact) mass is 415 g/mol. The van der Waals surface area contributed by atoms with Gasteiger partial charge >= 0.3 is 5.97 Å². The van der Waals surface area contributed by atoms with Crippen LogP contribution in [0.4, 0.5) is 4.39 Å². The van der Waals surface area contributed by atoms with E-state index in [9.17, 15) is 9.18 Å². The van der Waals surface area contributed by atoms with E-state index >= 15 is 0 Å². The number of nitrogens with zero attached hydrogens (tertiary/aromatic N) is 1. The number of fused-ring (bicyclic) bond motifs is 4. The molecule has 1 saturated heterocycles. The van der Waals surface area contributed by atoms with Gasteiger partial charge < -0.3 is 9.64 Å². The zero-order valence-electron chi connectivity index (χ0n) is 17.8. The minimum absolute atomic E-state index is 0.0503. The van der Waals surface area contributed by atoms with Crippen molar-refractivity contribution in [2.45, 2.75) is 31.2 Å². The molecule has 0 amide bonds. The summed E-state index contributed by atoms with van der Waals surface area (Å²) in [6.07, 6.45) is 1.98. The van der Waals surface area contributed by atoms with Crippen molar-refractivity contribution in [3.63, 3.8) is 0 Å². The van der Waals surface area contributed by atoms with E-state index < -0.39 is 11.8 Å². The summed E-state index contributed by atoms with van der Waals surface area (Å²) in [5.74, 6) is -0.361. The number of hydrogen-bond donors (Lipinski definition) is 0. The quantitative estimate of drug-likeness (QED) is 0.434. The molecule has 2 aliphatic rings. The van der Waals surface area contributed by atoms with E-state index in [4.69, 9.17) is 4.74 Å². The van der Waals surface area contributed by atoms with Crippen molar-refractivity contribution < 1.29 is 13.9 Å². The molecule has 0 saturated carbocycles. The lowest BCUT2D eigenvalue weighted by Gasteiger charge is -2.55. The minimum atomic E-state index is -0.670. The number of carbonyl (C=O) groups is 1. The number of carbonyl (C=O) groups excluding carboxylic acids is 1. The Morgan fingerprint density at radius 3 is 2.58 bits per heavy atom. The van der Waals surface area contributed by atoms with Gasteiger partial charge in [0.05, 0.1) is 5.56 Å². The van der Waals surface area contributed by atoms with Crippen molar-refractivity contribution in [1.82, 2.24) is 4.90 Å². The molecule has 3 aromatic rings. The van der Waals surface area contributed by atoms with Gasteiger partial charge in [-0.2, -0.15) is 0 Å². The summed E-state index contributed by atoms with van der Waals surface area (Å²) in [5.41, 5.74) is 3.65. The molecule has 0 spiro atoms. The molecule has 2 bridgehead atoms. The van der Waals surface area contributed by atoms with Gasteiger partial charge in [0.2, 0.25) is 0 Å². The number of rotatable bonds is 3. The molecule has 1 aliphatic heterocycles. The molecule has 158 valence electrons. The molecule has 5 rings (SSSR count). The van der Waals surface area contributed by atoms with Crippen LogP contribution >= 0.6 is 0 Å². The van der Waals surface area contributed by atoms with Gasteiger partial charge in [0.15, 0.2) is 0 Å². The first-order chi connectivity index (χ1) is 15.0. The highest BCUT2D eigenvalue weighted by Gasteiger charge is 2.51. The lowest BCUT2D eigenvalue weighted by Crippen LogP contribution is -2.58. The second-order valence-corrected chi connectivity index (χ2v) is 8.82. The number of halogens is 1. The summed E-state index contributed by atoms with van der Waals surface area (Å²) in [6, 6.07) is 23.0. The summed E-state index contributed by atoms with van der Waals surface area (Å²) in [5, 5.41) is 0. The van der Waals surface area contributed by atoms with Crippen LogP contribution in [-0.2, 0) is 11.8 Å². The van der Waals surface area contributed by atoms with Crippen molar-refractivity contribution in [2.75, 3.05) is 13.6 Å². The molecular weight excluding hydrogens is 389 g/mol. The van der Waals surface area contributed by atoms with E-state index in [-0.39, 0.29) is 11.0 Å². The fraction of sp³-hybridized carbons (Fsp3) is 0.296. The number of likely N-dealkylation sites (N-methyl/N-ethyl adjacent to an activating group) is 1. The second-order valence-electron chi connectivity index (χ2n) is 8.82. The van der Waals surface area contributed by atoms with Crippen molar-refractivity contribution in [1.29, 1.82) is 0 Å². The van der Waals surface area contributed by atoms with Gasteiger partial charge in [0.25, 0.3) is 0 Å². The maximum absolute atomic E-state index is 14.0. The molecular formula is C27H26FNO2. The van der Waals surface area contributed by atoms with E-state index in [1.807, 2.05) is 18.2 Å². The third-order valence-electron chi connectivity index (χ3n) is 7.36. The molecule has 3 aromatic carbocycles. The molecule has 3 atom stereocenters. The van der Waals surface area contributed by atoms with Gasteiger partial charge in [0, 0.05) is 11.5 Å². The van der Waals surface area contributed by atoms with Crippen LogP contribution in [-0.4, -0.2) is 30.5 Å². The van der Waals surface area contributed by atoms with E-state index in [1.165, 1.54) is 28.8 Å². The van der Waals surface area contributed by atoms with Crippen LogP contribution in [0, 0.1) is 11.7 Å². The predicted molar refractivity (Wildman–Crippen MR) is 119 cm³/mol. The van der Waals surface area contributed by atoms with Crippen molar-refractivity contribution in [3.05, 3.63) is 101 Å². The Kier molecular flexibility index (Phi) is 4.90. The Hall–Kier alpha value is -2.98. The van der Waals surface area contributed by atoms with Gasteiger partial charge in [-0.3, -0.25) is 0 Å². The van der Waals surface area contributed by atoms with E-state index in [0.717, 1.165) is 19.4 Å². The second kappa shape index (κ2) is 7.61. The molecule has 3 nitrogen and oxygen atoms in total. The van der Waals surface area contributed by atoms with Gasteiger partial charge in [-0.05, 0) is 73.3 Å². The number of benzene rings is 3. The van der Waals surface area contributed by atoms with Crippen LogP contribution < -0.4 is 4.74 Å². The van der Waals surface area contributed by atoms with Crippen molar-refractivity contribution in [3.8, 4) is 5.75 Å². The lowest BCUT2D eigenvalue weighted by atomic mass is 9.55. The van der Waals surface area contributed by atoms with Crippen LogP contribution in [0.5, 0.6) is 5.75 Å². The molecule has 1 fully saturated rings. The zero-order valence-corrected chi connectivity index (χ0v) is 17.8. The average molecular weight is 416 g/mol. The topological polar surface area (TPSA) is 29.5 Å². The zero-order chi connectivity index (χ0) is 21.6. The number of piperidine rings is 1. The van der Waals surface area contributed by atoms with E-state index in [2.05, 4.69) is 49.2 Å². The Morgan fingerprint density at radius 2 is 1.81 bits per heavy atom.